The van der Waals surface area contributed by atoms with Crippen LogP contribution in [0.2, 0.25) is 0 Å². The van der Waals surface area contributed by atoms with Gasteiger partial charge < -0.3 is 15.8 Å². The van der Waals surface area contributed by atoms with E-state index < -0.39 is 0 Å². The first-order valence-corrected chi connectivity index (χ1v) is 6.46. The number of nitrogens with zero attached hydrogens (tertiary/aromatic N) is 1. The molecule has 0 amide bonds. The number of aliphatic imine (C=N–C) groups is 1. The molecular weight excluding hydrogens is 202 g/mol. The fraction of sp³-hybridized carbons (Fsp3) is 0.917. The summed E-state index contributed by atoms with van der Waals surface area (Å²) >= 11 is 0. The van der Waals surface area contributed by atoms with E-state index in [1.165, 1.54) is 19.3 Å². The van der Waals surface area contributed by atoms with Gasteiger partial charge in [0.1, 0.15) is 0 Å². The van der Waals surface area contributed by atoms with E-state index in [1.807, 2.05) is 6.92 Å². The fourth-order valence-corrected chi connectivity index (χ4v) is 2.21. The molecule has 0 aliphatic heterocycles. The summed E-state index contributed by atoms with van der Waals surface area (Å²) in [6, 6.07) is 0.474. The molecule has 2 aliphatic carbocycles. The average Bonchev–Trinajstić information content (AvgIpc) is 2.12. The summed E-state index contributed by atoms with van der Waals surface area (Å²) in [4.78, 5) is 4.38. The lowest BCUT2D eigenvalue weighted by molar-refractivity contribution is -0.00567. The van der Waals surface area contributed by atoms with E-state index in [9.17, 15) is 0 Å². The van der Waals surface area contributed by atoms with Gasteiger partial charge in [0.25, 0.3) is 0 Å². The molecule has 0 aromatic rings. The van der Waals surface area contributed by atoms with E-state index in [4.69, 9.17) is 10.5 Å². The lowest BCUT2D eigenvalue weighted by Crippen LogP contribution is -2.50. The van der Waals surface area contributed by atoms with Crippen molar-refractivity contribution in [1.29, 1.82) is 0 Å². The van der Waals surface area contributed by atoms with Crippen LogP contribution in [-0.2, 0) is 4.74 Å². The van der Waals surface area contributed by atoms with E-state index in [2.05, 4.69) is 10.3 Å². The highest BCUT2D eigenvalue weighted by Gasteiger charge is 2.29. The molecular formula is C12H23N3O. The van der Waals surface area contributed by atoms with Gasteiger partial charge >= 0.3 is 0 Å². The van der Waals surface area contributed by atoms with Crippen molar-refractivity contribution in [3.8, 4) is 0 Å². The number of nitrogens with two attached hydrogens (primary N) is 1. The summed E-state index contributed by atoms with van der Waals surface area (Å²) in [6.07, 6.45) is 6.58. The Morgan fingerprint density at radius 3 is 2.75 bits per heavy atom. The molecule has 0 radical (unpaired) electrons. The zero-order valence-corrected chi connectivity index (χ0v) is 10.1. The lowest BCUT2D eigenvalue weighted by atomic mass is 9.86. The molecule has 0 bridgehead atoms. The molecule has 0 atom stereocenters. The largest absolute Gasteiger partial charge is 0.378 e. The normalized spacial score (nSPS) is 30.7. The van der Waals surface area contributed by atoms with Gasteiger partial charge in [0.2, 0.25) is 0 Å². The predicted octanol–water partition coefficient (Wildman–Crippen LogP) is 1.26. The minimum absolute atomic E-state index is 0.432. The Kier molecular flexibility index (Phi) is 4.04. The molecule has 4 heteroatoms. The first-order valence-electron chi connectivity index (χ1n) is 6.46. The van der Waals surface area contributed by atoms with Crippen LogP contribution in [-0.4, -0.2) is 31.3 Å². The third kappa shape index (κ3) is 3.11. The maximum Gasteiger partial charge on any atom is 0.188 e. The first kappa shape index (κ1) is 11.7. The molecule has 4 nitrogen and oxygen atoms in total. The van der Waals surface area contributed by atoms with Crippen LogP contribution >= 0.6 is 0 Å². The van der Waals surface area contributed by atoms with Crippen molar-refractivity contribution < 1.29 is 4.74 Å². The SMILES string of the molecule is CCOC1CC(NC(N)=NCC2CCC2)C1. The van der Waals surface area contributed by atoms with Gasteiger partial charge in [0.15, 0.2) is 5.96 Å². The third-order valence-electron chi connectivity index (χ3n) is 3.59. The second kappa shape index (κ2) is 5.53. The molecule has 0 aromatic heterocycles. The number of guanidine groups is 1. The van der Waals surface area contributed by atoms with E-state index in [0.717, 1.165) is 31.9 Å². The van der Waals surface area contributed by atoms with E-state index in [1.54, 1.807) is 0 Å². The van der Waals surface area contributed by atoms with Gasteiger partial charge in [-0.25, -0.2) is 0 Å². The maximum atomic E-state index is 5.83. The molecule has 2 aliphatic rings. The zero-order valence-electron chi connectivity index (χ0n) is 10.1. The molecule has 2 fully saturated rings. The van der Waals surface area contributed by atoms with Gasteiger partial charge in [-0.1, -0.05) is 6.42 Å². The van der Waals surface area contributed by atoms with E-state index in [-0.39, 0.29) is 0 Å². The monoisotopic (exact) mass is 225 g/mol. The van der Waals surface area contributed by atoms with Crippen LogP contribution in [0.4, 0.5) is 0 Å². The highest BCUT2D eigenvalue weighted by molar-refractivity contribution is 5.78. The number of ether oxygens (including phenoxy) is 1. The number of hydrogen-bond donors (Lipinski definition) is 2. The maximum absolute atomic E-state index is 5.83. The number of rotatable bonds is 5. The van der Waals surface area contributed by atoms with Gasteiger partial charge in [-0.15, -0.1) is 0 Å². The van der Waals surface area contributed by atoms with Crippen molar-refractivity contribution in [3.05, 3.63) is 0 Å². The smallest absolute Gasteiger partial charge is 0.188 e. The van der Waals surface area contributed by atoms with Crippen LogP contribution in [0.5, 0.6) is 0 Å². The van der Waals surface area contributed by atoms with Gasteiger partial charge in [-0.3, -0.25) is 4.99 Å². The van der Waals surface area contributed by atoms with Crippen molar-refractivity contribution in [2.75, 3.05) is 13.2 Å². The molecule has 0 unspecified atom stereocenters. The molecule has 2 saturated carbocycles. The van der Waals surface area contributed by atoms with Crippen molar-refractivity contribution in [2.45, 2.75) is 51.2 Å². The Hall–Kier alpha value is -0.770. The predicted molar refractivity (Wildman–Crippen MR) is 65.4 cm³/mol. The first-order chi connectivity index (χ1) is 7.78. The van der Waals surface area contributed by atoms with Crippen LogP contribution in [0.25, 0.3) is 0 Å². The van der Waals surface area contributed by atoms with E-state index >= 15 is 0 Å². The third-order valence-corrected chi connectivity index (χ3v) is 3.59. The molecule has 2 rings (SSSR count). The van der Waals surface area contributed by atoms with Crippen molar-refractivity contribution >= 4 is 5.96 Å². The Morgan fingerprint density at radius 2 is 2.19 bits per heavy atom. The van der Waals surface area contributed by atoms with Crippen molar-refractivity contribution in [1.82, 2.24) is 5.32 Å². The highest BCUT2D eigenvalue weighted by atomic mass is 16.5. The molecule has 16 heavy (non-hydrogen) atoms. The van der Waals surface area contributed by atoms with Gasteiger partial charge in [0, 0.05) is 19.2 Å². The standard InChI is InChI=1S/C12H23N3O/c1-2-16-11-6-10(7-11)15-12(13)14-8-9-4-3-5-9/h9-11H,2-8H2,1H3,(H3,13,14,15). The van der Waals surface area contributed by atoms with Crippen LogP contribution in [0, 0.1) is 5.92 Å². The minimum atomic E-state index is 0.432. The Labute approximate surface area is 97.6 Å². The summed E-state index contributed by atoms with van der Waals surface area (Å²) in [7, 11) is 0. The number of nitrogens with one attached hydrogen (secondary N) is 1. The molecule has 92 valence electrons. The zero-order chi connectivity index (χ0) is 11.4. The van der Waals surface area contributed by atoms with Gasteiger partial charge in [0.05, 0.1) is 6.10 Å². The summed E-state index contributed by atoms with van der Waals surface area (Å²) in [5.74, 6) is 1.41. The second-order valence-electron chi connectivity index (χ2n) is 4.91. The van der Waals surface area contributed by atoms with Crippen LogP contribution in [0.3, 0.4) is 0 Å². The molecule has 0 aromatic carbocycles. The summed E-state index contributed by atoms with van der Waals surface area (Å²) < 4.78 is 5.49. The average molecular weight is 225 g/mol. The quantitative estimate of drug-likeness (QED) is 0.547. The summed E-state index contributed by atoms with van der Waals surface area (Å²) in [5.41, 5.74) is 5.83. The lowest BCUT2D eigenvalue weighted by Gasteiger charge is -2.35. The van der Waals surface area contributed by atoms with Gasteiger partial charge in [-0.2, -0.15) is 0 Å². The summed E-state index contributed by atoms with van der Waals surface area (Å²) in [6.45, 7) is 3.75. The Bertz CT molecular complexity index is 245. The second-order valence-corrected chi connectivity index (χ2v) is 4.91. The van der Waals surface area contributed by atoms with Crippen LogP contribution in [0.15, 0.2) is 4.99 Å². The fourth-order valence-electron chi connectivity index (χ4n) is 2.21. The van der Waals surface area contributed by atoms with Crippen LogP contribution < -0.4 is 11.1 Å². The van der Waals surface area contributed by atoms with Crippen molar-refractivity contribution in [3.63, 3.8) is 0 Å². The van der Waals surface area contributed by atoms with Crippen molar-refractivity contribution in [2.24, 2.45) is 16.6 Å². The topological polar surface area (TPSA) is 59.6 Å². The van der Waals surface area contributed by atoms with Crippen LogP contribution in [0.1, 0.15) is 39.0 Å². The molecule has 3 N–H and O–H groups in total. The summed E-state index contributed by atoms with van der Waals surface area (Å²) in [5, 5.41) is 3.26. The molecule has 0 saturated heterocycles. The highest BCUT2D eigenvalue weighted by Crippen LogP contribution is 2.26. The van der Waals surface area contributed by atoms with Gasteiger partial charge in [-0.05, 0) is 38.5 Å². The Morgan fingerprint density at radius 1 is 1.44 bits per heavy atom. The Balaban J connectivity index is 1.58. The van der Waals surface area contributed by atoms with E-state index in [0.29, 0.717) is 18.1 Å². The number of hydrogen-bond acceptors (Lipinski definition) is 2. The molecule has 0 heterocycles. The minimum Gasteiger partial charge on any atom is -0.378 e. The molecule has 0 spiro atoms.